The van der Waals surface area contributed by atoms with Crippen molar-refractivity contribution in [2.24, 2.45) is 0 Å². The molecular weight excluding hydrogens is 306 g/mol. The average Bonchev–Trinajstić information content (AvgIpc) is 2.39. The fourth-order valence-electron chi connectivity index (χ4n) is 2.01. The molecule has 1 aromatic heterocycles. The van der Waals surface area contributed by atoms with Crippen LogP contribution >= 0.6 is 15.9 Å². The van der Waals surface area contributed by atoms with Gasteiger partial charge in [-0.15, -0.1) is 0 Å². The third-order valence-electron chi connectivity index (χ3n) is 2.88. The Balaban J connectivity index is 2.28. The average molecular weight is 322 g/mol. The van der Waals surface area contributed by atoms with Crippen LogP contribution in [-0.4, -0.2) is 19.1 Å². The number of para-hydroxylation sites is 1. The summed E-state index contributed by atoms with van der Waals surface area (Å²) < 4.78 is 6.24. The molecule has 2 rings (SSSR count). The van der Waals surface area contributed by atoms with E-state index in [2.05, 4.69) is 25.8 Å². The number of nitrogens with two attached hydrogens (primary N) is 1. The first kappa shape index (κ1) is 13.7. The van der Waals surface area contributed by atoms with Crippen molar-refractivity contribution in [1.29, 1.82) is 0 Å². The van der Waals surface area contributed by atoms with E-state index in [0.29, 0.717) is 12.2 Å². The van der Waals surface area contributed by atoms with E-state index in [-0.39, 0.29) is 0 Å². The molecule has 0 aliphatic heterocycles. The number of benzene rings is 1. The van der Waals surface area contributed by atoms with Gasteiger partial charge in [0.25, 0.3) is 0 Å². The first-order valence-electron chi connectivity index (χ1n) is 5.85. The van der Waals surface area contributed by atoms with Gasteiger partial charge in [-0.1, -0.05) is 18.2 Å². The van der Waals surface area contributed by atoms with E-state index in [1.165, 1.54) is 0 Å². The fourth-order valence-corrected chi connectivity index (χ4v) is 2.66. The van der Waals surface area contributed by atoms with Crippen LogP contribution in [0.4, 0.5) is 11.4 Å². The Kier molecular flexibility index (Phi) is 4.27. The monoisotopic (exact) mass is 321 g/mol. The maximum Gasteiger partial charge on any atom is 0.123 e. The van der Waals surface area contributed by atoms with Crippen LogP contribution in [0.25, 0.3) is 0 Å². The molecule has 4 nitrogen and oxygen atoms in total. The summed E-state index contributed by atoms with van der Waals surface area (Å²) in [5.74, 6) is 0.873. The second-order valence-electron chi connectivity index (χ2n) is 4.23. The maximum atomic E-state index is 5.98. The van der Waals surface area contributed by atoms with Gasteiger partial charge < -0.3 is 15.4 Å². The molecule has 0 saturated carbocycles. The number of methoxy groups -OCH3 is 1. The molecule has 2 aromatic rings. The highest BCUT2D eigenvalue weighted by Crippen LogP contribution is 2.32. The predicted octanol–water partition coefficient (Wildman–Crippen LogP) is 3.07. The minimum atomic E-state index is 0.645. The van der Waals surface area contributed by atoms with Crippen molar-refractivity contribution in [2.75, 3.05) is 24.8 Å². The summed E-state index contributed by atoms with van der Waals surface area (Å²) in [6.07, 6.45) is 3.39. The summed E-state index contributed by atoms with van der Waals surface area (Å²) in [4.78, 5) is 6.11. The van der Waals surface area contributed by atoms with Gasteiger partial charge in [0, 0.05) is 25.4 Å². The fraction of sp³-hybridized carbons (Fsp3) is 0.214. The van der Waals surface area contributed by atoms with Crippen molar-refractivity contribution < 1.29 is 4.74 Å². The zero-order chi connectivity index (χ0) is 13.8. The molecule has 0 aliphatic carbocycles. The molecule has 2 N–H and O–H groups in total. The van der Waals surface area contributed by atoms with Gasteiger partial charge in [-0.2, -0.15) is 0 Å². The SMILES string of the molecule is COc1ccccc1CN(C)c1c(N)cncc1Br. The summed E-state index contributed by atoms with van der Waals surface area (Å²) in [5.41, 5.74) is 8.66. The molecule has 0 aliphatic rings. The van der Waals surface area contributed by atoms with Gasteiger partial charge in [0.2, 0.25) is 0 Å². The molecule has 0 amide bonds. The zero-order valence-corrected chi connectivity index (χ0v) is 12.5. The van der Waals surface area contributed by atoms with Gasteiger partial charge in [0.05, 0.1) is 29.2 Å². The van der Waals surface area contributed by atoms with E-state index in [1.807, 2.05) is 31.3 Å². The van der Waals surface area contributed by atoms with E-state index in [9.17, 15) is 0 Å². The van der Waals surface area contributed by atoms with E-state index >= 15 is 0 Å². The standard InChI is InChI=1S/C14H16BrN3O/c1-18(14-11(15)7-17-8-12(14)16)9-10-5-3-4-6-13(10)19-2/h3-8H,9,16H2,1-2H3. The number of hydrogen-bond donors (Lipinski definition) is 1. The Morgan fingerprint density at radius 3 is 2.74 bits per heavy atom. The van der Waals surface area contributed by atoms with E-state index in [4.69, 9.17) is 10.5 Å². The van der Waals surface area contributed by atoms with Crippen LogP contribution in [0, 0.1) is 0 Å². The number of pyridine rings is 1. The van der Waals surface area contributed by atoms with Crippen LogP contribution in [0.1, 0.15) is 5.56 Å². The Hall–Kier alpha value is -1.75. The molecule has 0 saturated heterocycles. The summed E-state index contributed by atoms with van der Waals surface area (Å²) in [7, 11) is 3.67. The zero-order valence-electron chi connectivity index (χ0n) is 10.9. The van der Waals surface area contributed by atoms with Crippen molar-refractivity contribution in [3.63, 3.8) is 0 Å². The first-order valence-corrected chi connectivity index (χ1v) is 6.64. The molecule has 0 radical (unpaired) electrons. The van der Waals surface area contributed by atoms with Crippen LogP contribution in [0.2, 0.25) is 0 Å². The molecule has 0 bridgehead atoms. The molecule has 0 unspecified atom stereocenters. The summed E-state index contributed by atoms with van der Waals surface area (Å²) in [6.45, 7) is 0.705. The lowest BCUT2D eigenvalue weighted by atomic mass is 10.2. The highest BCUT2D eigenvalue weighted by atomic mass is 79.9. The Morgan fingerprint density at radius 2 is 2.05 bits per heavy atom. The van der Waals surface area contributed by atoms with Gasteiger partial charge >= 0.3 is 0 Å². The Labute approximate surface area is 121 Å². The van der Waals surface area contributed by atoms with Gasteiger partial charge in [0.15, 0.2) is 0 Å². The molecule has 100 valence electrons. The minimum absolute atomic E-state index is 0.645. The number of ether oxygens (including phenoxy) is 1. The predicted molar refractivity (Wildman–Crippen MR) is 81.5 cm³/mol. The molecule has 19 heavy (non-hydrogen) atoms. The van der Waals surface area contributed by atoms with Crippen molar-refractivity contribution in [2.45, 2.75) is 6.54 Å². The lowest BCUT2D eigenvalue weighted by Crippen LogP contribution is -2.19. The van der Waals surface area contributed by atoms with Gasteiger partial charge in [-0.3, -0.25) is 4.98 Å². The highest BCUT2D eigenvalue weighted by Gasteiger charge is 2.12. The second kappa shape index (κ2) is 5.93. The van der Waals surface area contributed by atoms with Crippen LogP contribution in [0.3, 0.4) is 0 Å². The lowest BCUT2D eigenvalue weighted by Gasteiger charge is -2.23. The number of hydrogen-bond acceptors (Lipinski definition) is 4. The number of halogens is 1. The van der Waals surface area contributed by atoms with E-state index in [1.54, 1.807) is 19.5 Å². The van der Waals surface area contributed by atoms with Crippen molar-refractivity contribution >= 4 is 27.3 Å². The summed E-state index contributed by atoms with van der Waals surface area (Å²) in [5, 5.41) is 0. The molecule has 5 heteroatoms. The van der Waals surface area contributed by atoms with Gasteiger partial charge in [0.1, 0.15) is 5.75 Å². The Morgan fingerprint density at radius 1 is 1.32 bits per heavy atom. The van der Waals surface area contributed by atoms with Crippen molar-refractivity contribution in [3.8, 4) is 5.75 Å². The van der Waals surface area contributed by atoms with E-state index in [0.717, 1.165) is 21.5 Å². The number of rotatable bonds is 4. The third kappa shape index (κ3) is 2.98. The van der Waals surface area contributed by atoms with Gasteiger partial charge in [-0.05, 0) is 22.0 Å². The van der Waals surface area contributed by atoms with E-state index < -0.39 is 0 Å². The molecule has 1 heterocycles. The largest absolute Gasteiger partial charge is 0.496 e. The molecule has 0 fully saturated rings. The quantitative estimate of drug-likeness (QED) is 0.940. The number of aromatic nitrogens is 1. The third-order valence-corrected chi connectivity index (χ3v) is 3.46. The highest BCUT2D eigenvalue weighted by molar-refractivity contribution is 9.10. The Bertz CT molecular complexity index is 554. The van der Waals surface area contributed by atoms with Crippen LogP contribution in [-0.2, 0) is 6.54 Å². The van der Waals surface area contributed by atoms with Crippen LogP contribution in [0.15, 0.2) is 41.1 Å². The maximum absolute atomic E-state index is 5.98. The summed E-state index contributed by atoms with van der Waals surface area (Å²) >= 11 is 3.48. The topological polar surface area (TPSA) is 51.4 Å². The second-order valence-corrected chi connectivity index (χ2v) is 5.08. The molecular formula is C14H16BrN3O. The number of anilines is 2. The molecule has 0 atom stereocenters. The number of nitrogens with zero attached hydrogens (tertiary/aromatic N) is 2. The van der Waals surface area contributed by atoms with Crippen LogP contribution in [0.5, 0.6) is 5.75 Å². The lowest BCUT2D eigenvalue weighted by molar-refractivity contribution is 0.409. The smallest absolute Gasteiger partial charge is 0.123 e. The minimum Gasteiger partial charge on any atom is -0.496 e. The van der Waals surface area contributed by atoms with Crippen LogP contribution < -0.4 is 15.4 Å². The molecule has 1 aromatic carbocycles. The van der Waals surface area contributed by atoms with Crippen molar-refractivity contribution in [1.82, 2.24) is 4.98 Å². The van der Waals surface area contributed by atoms with Crippen molar-refractivity contribution in [3.05, 3.63) is 46.7 Å². The number of nitrogen functional groups attached to an aromatic ring is 1. The molecule has 0 spiro atoms. The first-order chi connectivity index (χ1) is 9.13. The normalized spacial score (nSPS) is 10.3. The summed E-state index contributed by atoms with van der Waals surface area (Å²) in [6, 6.07) is 7.95. The van der Waals surface area contributed by atoms with Gasteiger partial charge in [-0.25, -0.2) is 0 Å².